The Bertz CT molecular complexity index is 1470. The van der Waals surface area contributed by atoms with Crippen LogP contribution in [0.15, 0.2) is 61.2 Å². The lowest BCUT2D eigenvalue weighted by Gasteiger charge is -2.38. The Morgan fingerprint density at radius 1 is 1.07 bits per heavy atom. The molecule has 1 aromatic carbocycles. The zero-order valence-electron chi connectivity index (χ0n) is 21.3. The van der Waals surface area contributed by atoms with E-state index in [1.54, 1.807) is 35.5 Å². The molecule has 3 aromatic rings. The largest absolute Gasteiger partial charge is 0.478 e. The van der Waals surface area contributed by atoms with Gasteiger partial charge in [-0.15, -0.1) is 0 Å². The van der Waals surface area contributed by atoms with E-state index in [4.69, 9.17) is 19.6 Å². The molecule has 17 heteroatoms. The van der Waals surface area contributed by atoms with Crippen LogP contribution in [0.4, 0.5) is 14.5 Å². The highest BCUT2D eigenvalue weighted by Gasteiger charge is 2.43. The summed E-state index contributed by atoms with van der Waals surface area (Å²) in [6.07, 6.45) is 12.9. The summed E-state index contributed by atoms with van der Waals surface area (Å²) in [4.78, 5) is 49.3. The van der Waals surface area contributed by atoms with Crippen LogP contribution in [0.3, 0.4) is 0 Å². The zero-order chi connectivity index (χ0) is 29.8. The molecule has 1 saturated heterocycles. The third kappa shape index (κ3) is 10.0. The molecule has 0 unspecified atom stereocenters. The van der Waals surface area contributed by atoms with E-state index in [1.807, 2.05) is 35.3 Å². The first-order valence-electron chi connectivity index (χ1n) is 12.1. The van der Waals surface area contributed by atoms with Gasteiger partial charge in [0.1, 0.15) is 0 Å². The minimum absolute atomic E-state index is 0.200. The van der Waals surface area contributed by atoms with E-state index in [-0.39, 0.29) is 19.0 Å². The Morgan fingerprint density at radius 3 is 2.29 bits per heavy atom. The van der Waals surface area contributed by atoms with E-state index in [0.717, 1.165) is 22.3 Å². The molecule has 2 aliphatic rings. The number of hydrogen-bond donors (Lipinski definition) is 5. The first-order valence-corrected chi connectivity index (χ1v) is 15.2. The average molecular weight is 613 g/mol. The highest BCUT2D eigenvalue weighted by molar-refractivity contribution is 7.60. The fourth-order valence-electron chi connectivity index (χ4n) is 3.98. The number of carbonyl (C=O) groups excluding carboxylic acids is 1. The number of amides is 1. The van der Waals surface area contributed by atoms with Crippen molar-refractivity contribution in [3.63, 3.8) is 0 Å². The van der Waals surface area contributed by atoms with E-state index in [0.29, 0.717) is 18.3 Å². The summed E-state index contributed by atoms with van der Waals surface area (Å²) < 4.78 is 50.1. The lowest BCUT2D eigenvalue weighted by Crippen LogP contribution is -2.55. The molecule has 220 valence electrons. The van der Waals surface area contributed by atoms with Crippen LogP contribution in [0, 0.1) is 0 Å². The lowest BCUT2D eigenvalue weighted by atomic mass is 10.0. The number of anilines is 1. The zero-order valence-corrected chi connectivity index (χ0v) is 23.1. The quantitative estimate of drug-likeness (QED) is 0.175. The minimum Gasteiger partial charge on any atom is -0.323 e. The van der Waals surface area contributed by atoms with Crippen molar-refractivity contribution in [1.82, 2.24) is 19.7 Å². The fraction of sp³-hybridized carbons (Fsp3) is 0.292. The molecule has 41 heavy (non-hydrogen) atoms. The van der Waals surface area contributed by atoms with Crippen LogP contribution >= 0.6 is 15.6 Å². The average Bonchev–Trinajstić information content (AvgIpc) is 3.58. The minimum atomic E-state index is -5.05. The molecule has 1 amide bonds. The summed E-state index contributed by atoms with van der Waals surface area (Å²) >= 11 is 0. The number of nitrogens with zero attached hydrogens (tertiary/aromatic N) is 4. The van der Waals surface area contributed by atoms with Gasteiger partial charge < -0.3 is 24.9 Å². The van der Waals surface area contributed by atoms with Crippen LogP contribution in [-0.4, -0.2) is 64.2 Å². The van der Waals surface area contributed by atoms with E-state index >= 15 is 0 Å². The molecule has 2 aromatic heterocycles. The van der Waals surface area contributed by atoms with Gasteiger partial charge in [-0.2, -0.15) is 9.41 Å². The summed E-state index contributed by atoms with van der Waals surface area (Å²) in [5.41, 5.74) is 4.38. The molecule has 0 radical (unpaired) electrons. The van der Waals surface area contributed by atoms with Crippen molar-refractivity contribution < 1.29 is 46.6 Å². The molecule has 5 rings (SSSR count). The maximum atomic E-state index is 12.9. The monoisotopic (exact) mass is 613 g/mol. The van der Waals surface area contributed by atoms with Crippen LogP contribution < -0.4 is 5.32 Å². The maximum absolute atomic E-state index is 12.9. The van der Waals surface area contributed by atoms with E-state index in [2.05, 4.69) is 19.7 Å². The van der Waals surface area contributed by atoms with Gasteiger partial charge in [0.2, 0.25) is 5.91 Å². The number of aromatic nitrogens is 3. The van der Waals surface area contributed by atoms with Gasteiger partial charge in [-0.1, -0.05) is 12.1 Å². The Labute approximate surface area is 233 Å². The van der Waals surface area contributed by atoms with Gasteiger partial charge in [-0.3, -0.25) is 19.4 Å². The summed E-state index contributed by atoms with van der Waals surface area (Å²) in [5.74, 6) is -2.82. The number of carbonyl (C=O) groups is 1. The van der Waals surface area contributed by atoms with Crippen molar-refractivity contribution in [2.75, 3.05) is 18.4 Å². The summed E-state index contributed by atoms with van der Waals surface area (Å²) in [5, 5.41) is 7.26. The van der Waals surface area contributed by atoms with Crippen molar-refractivity contribution in [2.45, 2.75) is 31.4 Å². The smallest absolute Gasteiger partial charge is 0.323 e. The number of alkyl halides is 2. The standard InChI is InChI=1S/C24H23F2N5O.H4O7P2/c25-24(26)15-30(16-24)13-17-1-4-20(5-2-17)29-23(32)8-3-18-11-27-10-9-22(18)19-12-28-31(14-19)21-6-7-21;1-8(2,3)7-9(4,5)6/h1-5,8-12,14,21H,6-7,13,15-16H2,(H,29,32);(H2,1,2,3)(H2,4,5,6)/b8-3+;. The number of likely N-dealkylation sites (tertiary alicyclic amines) is 1. The molecule has 0 atom stereocenters. The number of rotatable bonds is 9. The molecular formula is C24H27F2N5O8P2. The van der Waals surface area contributed by atoms with Gasteiger partial charge in [-0.05, 0) is 48.2 Å². The number of halogens is 2. The Balaban J connectivity index is 0.000000374. The maximum Gasteiger partial charge on any atom is 0.478 e. The molecule has 2 fully saturated rings. The lowest BCUT2D eigenvalue weighted by molar-refractivity contribution is -0.133. The molecule has 3 heterocycles. The van der Waals surface area contributed by atoms with E-state index in [9.17, 15) is 22.7 Å². The first kappa shape index (κ1) is 30.8. The van der Waals surface area contributed by atoms with Crippen molar-refractivity contribution >= 4 is 33.3 Å². The number of phosphoric acid groups is 2. The molecule has 0 bridgehead atoms. The Hall–Kier alpha value is -3.13. The van der Waals surface area contributed by atoms with E-state index in [1.165, 1.54) is 18.9 Å². The third-order valence-electron chi connectivity index (χ3n) is 5.85. The normalized spacial score (nSPS) is 17.0. The van der Waals surface area contributed by atoms with Crippen molar-refractivity contribution in [3.8, 4) is 11.1 Å². The highest BCUT2D eigenvalue weighted by Crippen LogP contribution is 2.53. The van der Waals surface area contributed by atoms with Crippen LogP contribution in [0.25, 0.3) is 17.2 Å². The second-order valence-electron chi connectivity index (χ2n) is 9.49. The molecule has 1 saturated carbocycles. The van der Waals surface area contributed by atoms with Gasteiger partial charge in [0.15, 0.2) is 0 Å². The third-order valence-corrected chi connectivity index (χ3v) is 7.55. The predicted molar refractivity (Wildman–Crippen MR) is 143 cm³/mol. The Kier molecular flexibility index (Phi) is 9.32. The summed E-state index contributed by atoms with van der Waals surface area (Å²) in [6, 6.07) is 9.66. The van der Waals surface area contributed by atoms with Crippen LogP contribution in [0.1, 0.15) is 30.0 Å². The van der Waals surface area contributed by atoms with Gasteiger partial charge in [0.25, 0.3) is 5.92 Å². The SMILES string of the molecule is O=C(/C=C/c1cnccc1-c1cnn(C2CC2)c1)Nc1ccc(CN2CC(F)(F)C2)cc1.O=P(O)(O)OP(=O)(O)O. The fourth-order valence-corrected chi connectivity index (χ4v) is 5.09. The van der Waals surface area contributed by atoms with Gasteiger partial charge in [-0.25, -0.2) is 17.9 Å². The topological polar surface area (TPSA) is 187 Å². The molecular weight excluding hydrogens is 586 g/mol. The molecule has 1 aliphatic heterocycles. The van der Waals surface area contributed by atoms with Gasteiger partial charge >= 0.3 is 15.6 Å². The van der Waals surface area contributed by atoms with Gasteiger partial charge in [0, 0.05) is 48.0 Å². The second kappa shape index (κ2) is 12.4. The molecule has 5 N–H and O–H groups in total. The predicted octanol–water partition coefficient (Wildman–Crippen LogP) is 3.57. The summed E-state index contributed by atoms with van der Waals surface area (Å²) in [6.45, 7) is 0.0762. The Morgan fingerprint density at radius 2 is 1.73 bits per heavy atom. The van der Waals surface area contributed by atoms with Crippen LogP contribution in [0.5, 0.6) is 0 Å². The number of nitrogens with one attached hydrogen (secondary N) is 1. The number of benzene rings is 1. The molecule has 0 spiro atoms. The molecule has 1 aliphatic carbocycles. The van der Waals surface area contributed by atoms with Crippen LogP contribution in [-0.2, 0) is 24.8 Å². The summed E-state index contributed by atoms with van der Waals surface area (Å²) in [7, 11) is -10.1. The second-order valence-corrected chi connectivity index (χ2v) is 12.1. The van der Waals surface area contributed by atoms with Gasteiger partial charge in [0.05, 0.1) is 25.3 Å². The number of hydrogen-bond acceptors (Lipinski definition) is 7. The van der Waals surface area contributed by atoms with Crippen LogP contribution in [0.2, 0.25) is 0 Å². The number of pyridine rings is 1. The van der Waals surface area contributed by atoms with E-state index < -0.39 is 21.6 Å². The van der Waals surface area contributed by atoms with Crippen molar-refractivity contribution in [1.29, 1.82) is 0 Å². The highest BCUT2D eigenvalue weighted by atomic mass is 31.3. The van der Waals surface area contributed by atoms with Crippen molar-refractivity contribution in [2.24, 2.45) is 0 Å². The first-order chi connectivity index (χ1) is 19.2. The van der Waals surface area contributed by atoms with Crippen molar-refractivity contribution in [3.05, 3.63) is 72.3 Å². The molecule has 13 nitrogen and oxygen atoms in total.